The maximum atomic E-state index is 13.2. The number of carbonyl (C=O) groups excluding carboxylic acids is 1. The van der Waals surface area contributed by atoms with Crippen LogP contribution >= 0.6 is 11.6 Å². The highest BCUT2D eigenvalue weighted by molar-refractivity contribution is 7.92. The van der Waals surface area contributed by atoms with Crippen LogP contribution in [0, 0.1) is 12.7 Å². The second-order valence-electron chi connectivity index (χ2n) is 8.11. The van der Waals surface area contributed by atoms with E-state index in [4.69, 9.17) is 16.3 Å². The van der Waals surface area contributed by atoms with Gasteiger partial charge < -0.3 is 4.74 Å². The zero-order chi connectivity index (χ0) is 27.3. The van der Waals surface area contributed by atoms with Crippen molar-refractivity contribution in [1.82, 2.24) is 15.2 Å². The zero-order valence-corrected chi connectivity index (χ0v) is 21.9. The molecular formula is C26H23ClFN5O4S. The molecule has 0 bridgehead atoms. The average molecular weight is 556 g/mol. The van der Waals surface area contributed by atoms with Gasteiger partial charge in [-0.2, -0.15) is 10.2 Å². The van der Waals surface area contributed by atoms with Gasteiger partial charge in [-0.1, -0.05) is 41.9 Å². The molecule has 196 valence electrons. The van der Waals surface area contributed by atoms with E-state index in [1.807, 2.05) is 0 Å². The number of methoxy groups -OCH3 is 1. The highest BCUT2D eigenvalue weighted by Crippen LogP contribution is 2.26. The number of ether oxygens (including phenoxy) is 1. The molecule has 0 fully saturated rings. The number of para-hydroxylation sites is 2. The maximum absolute atomic E-state index is 13.2. The monoisotopic (exact) mass is 555 g/mol. The molecule has 0 saturated carbocycles. The third-order valence-corrected chi connectivity index (χ3v) is 7.23. The standard InChI is InChI=1S/C26H23ClFN5O4S/c1-17-22(25(27)33(31-17)16-18-10-12-20(28)13-11-18)15-29-30-26(34)19-6-5-7-21(14-19)38(35,36)32-23-8-3-4-9-24(23)37-2/h3-15,32H,16H2,1-2H3,(H,30,34)/b29-15-. The Labute approximate surface area is 224 Å². The fraction of sp³-hybridized carbons (Fsp3) is 0.115. The largest absolute Gasteiger partial charge is 0.495 e. The zero-order valence-electron chi connectivity index (χ0n) is 20.4. The van der Waals surface area contributed by atoms with Gasteiger partial charge >= 0.3 is 0 Å². The predicted molar refractivity (Wildman–Crippen MR) is 143 cm³/mol. The first kappa shape index (κ1) is 26.8. The number of nitrogens with one attached hydrogen (secondary N) is 2. The van der Waals surface area contributed by atoms with E-state index in [1.165, 1.54) is 54.4 Å². The van der Waals surface area contributed by atoms with E-state index >= 15 is 0 Å². The molecule has 0 saturated heterocycles. The number of hydrogen-bond donors (Lipinski definition) is 2. The van der Waals surface area contributed by atoms with E-state index in [1.54, 1.807) is 43.3 Å². The molecule has 0 atom stereocenters. The van der Waals surface area contributed by atoms with Gasteiger partial charge in [0.2, 0.25) is 0 Å². The summed E-state index contributed by atoms with van der Waals surface area (Å²) in [6.07, 6.45) is 1.35. The number of aryl methyl sites for hydroxylation is 1. The normalized spacial score (nSPS) is 11.5. The van der Waals surface area contributed by atoms with E-state index in [0.717, 1.165) is 5.56 Å². The molecule has 2 N–H and O–H groups in total. The summed E-state index contributed by atoms with van der Waals surface area (Å²) in [5.41, 5.74) is 4.59. The van der Waals surface area contributed by atoms with Crippen molar-refractivity contribution in [2.45, 2.75) is 18.4 Å². The summed E-state index contributed by atoms with van der Waals surface area (Å²) in [5.74, 6) is -0.604. The lowest BCUT2D eigenvalue weighted by molar-refractivity contribution is 0.0955. The summed E-state index contributed by atoms with van der Waals surface area (Å²) in [6.45, 7) is 2.06. The number of anilines is 1. The average Bonchev–Trinajstić information content (AvgIpc) is 3.17. The van der Waals surface area contributed by atoms with Gasteiger partial charge in [0.1, 0.15) is 16.7 Å². The Bertz CT molecular complexity index is 1600. The predicted octanol–water partition coefficient (Wildman–Crippen LogP) is 4.61. The van der Waals surface area contributed by atoms with Crippen molar-refractivity contribution in [3.05, 3.63) is 106 Å². The molecule has 38 heavy (non-hydrogen) atoms. The van der Waals surface area contributed by atoms with Gasteiger partial charge in [0.05, 0.1) is 41.7 Å². The lowest BCUT2D eigenvalue weighted by Gasteiger charge is -2.12. The molecule has 0 aliphatic heterocycles. The van der Waals surface area contributed by atoms with Crippen LogP contribution in [-0.4, -0.2) is 37.4 Å². The van der Waals surface area contributed by atoms with Crippen molar-refractivity contribution < 1.29 is 22.3 Å². The molecule has 3 aromatic carbocycles. The SMILES string of the molecule is COc1ccccc1NS(=O)(=O)c1cccc(C(=O)N/N=C\c2c(C)nn(Cc3ccc(F)cc3)c2Cl)c1. The minimum Gasteiger partial charge on any atom is -0.495 e. The Morgan fingerprint density at radius 2 is 1.87 bits per heavy atom. The Kier molecular flexibility index (Phi) is 8.08. The molecule has 4 aromatic rings. The van der Waals surface area contributed by atoms with Gasteiger partial charge in [-0.15, -0.1) is 0 Å². The first-order chi connectivity index (χ1) is 18.2. The van der Waals surface area contributed by atoms with Crippen LogP contribution in [0.5, 0.6) is 5.75 Å². The summed E-state index contributed by atoms with van der Waals surface area (Å²) >= 11 is 6.44. The molecule has 1 aromatic heterocycles. The van der Waals surface area contributed by atoms with Crippen LogP contribution in [0.2, 0.25) is 5.15 Å². The van der Waals surface area contributed by atoms with Crippen molar-refractivity contribution in [3.8, 4) is 5.75 Å². The number of carbonyl (C=O) groups is 1. The number of amides is 1. The summed E-state index contributed by atoms with van der Waals surface area (Å²) in [4.78, 5) is 12.6. The number of hydrazone groups is 1. The molecule has 0 spiro atoms. The van der Waals surface area contributed by atoms with E-state index in [9.17, 15) is 17.6 Å². The van der Waals surface area contributed by atoms with Gasteiger partial charge in [0.25, 0.3) is 15.9 Å². The van der Waals surface area contributed by atoms with Gasteiger partial charge in [-0.3, -0.25) is 9.52 Å². The van der Waals surface area contributed by atoms with Gasteiger partial charge in [0.15, 0.2) is 0 Å². The Morgan fingerprint density at radius 1 is 1.13 bits per heavy atom. The van der Waals surface area contributed by atoms with Crippen molar-refractivity contribution in [2.75, 3.05) is 11.8 Å². The summed E-state index contributed by atoms with van der Waals surface area (Å²) in [7, 11) is -2.57. The Morgan fingerprint density at radius 3 is 2.61 bits per heavy atom. The number of hydrogen-bond acceptors (Lipinski definition) is 6. The number of rotatable bonds is 9. The minimum atomic E-state index is -4.00. The number of sulfonamides is 1. The quantitative estimate of drug-likeness (QED) is 0.231. The van der Waals surface area contributed by atoms with Crippen LogP contribution in [0.1, 0.15) is 27.2 Å². The highest BCUT2D eigenvalue weighted by Gasteiger charge is 2.18. The molecule has 4 rings (SSSR count). The first-order valence-corrected chi connectivity index (χ1v) is 13.1. The van der Waals surface area contributed by atoms with E-state index in [0.29, 0.717) is 28.7 Å². The Hall–Kier alpha value is -4.22. The summed E-state index contributed by atoms with van der Waals surface area (Å²) < 4.78 is 48.1. The number of benzene rings is 3. The number of halogens is 2. The van der Waals surface area contributed by atoms with E-state index < -0.39 is 15.9 Å². The Balaban J connectivity index is 1.46. The third-order valence-electron chi connectivity index (χ3n) is 5.47. The first-order valence-electron chi connectivity index (χ1n) is 11.2. The van der Waals surface area contributed by atoms with Crippen LogP contribution < -0.4 is 14.9 Å². The summed E-state index contributed by atoms with van der Waals surface area (Å²) in [6, 6.07) is 18.1. The van der Waals surface area contributed by atoms with Crippen molar-refractivity contribution in [3.63, 3.8) is 0 Å². The second kappa shape index (κ2) is 11.4. The second-order valence-corrected chi connectivity index (χ2v) is 10.1. The molecule has 12 heteroatoms. The molecule has 0 aliphatic carbocycles. The fourth-order valence-electron chi connectivity index (χ4n) is 3.54. The lowest BCUT2D eigenvalue weighted by Crippen LogP contribution is -2.19. The van der Waals surface area contributed by atoms with Crippen molar-refractivity contribution >= 4 is 39.4 Å². The van der Waals surface area contributed by atoms with E-state index in [-0.39, 0.29) is 22.0 Å². The van der Waals surface area contributed by atoms with Crippen LogP contribution in [-0.2, 0) is 16.6 Å². The van der Waals surface area contributed by atoms with Crippen LogP contribution in [0.25, 0.3) is 0 Å². The van der Waals surface area contributed by atoms with Crippen molar-refractivity contribution in [1.29, 1.82) is 0 Å². The smallest absolute Gasteiger partial charge is 0.271 e. The van der Waals surface area contributed by atoms with Crippen LogP contribution in [0.3, 0.4) is 0 Å². The molecule has 0 aliphatic rings. The lowest BCUT2D eigenvalue weighted by atomic mass is 10.2. The molecule has 1 amide bonds. The molecule has 0 unspecified atom stereocenters. The summed E-state index contributed by atoms with van der Waals surface area (Å²) in [5, 5.41) is 8.63. The van der Waals surface area contributed by atoms with Gasteiger partial charge in [-0.25, -0.2) is 22.9 Å². The van der Waals surface area contributed by atoms with E-state index in [2.05, 4.69) is 20.3 Å². The molecule has 1 heterocycles. The van der Waals surface area contributed by atoms with Crippen molar-refractivity contribution in [2.24, 2.45) is 5.10 Å². The number of nitrogens with zero attached hydrogens (tertiary/aromatic N) is 3. The van der Waals surface area contributed by atoms with Gasteiger partial charge in [0, 0.05) is 5.56 Å². The fourth-order valence-corrected chi connectivity index (χ4v) is 4.94. The molecule has 0 radical (unpaired) electrons. The number of aromatic nitrogens is 2. The van der Waals surface area contributed by atoms with Gasteiger partial charge in [-0.05, 0) is 55.0 Å². The molecule has 9 nitrogen and oxygen atoms in total. The highest BCUT2D eigenvalue weighted by atomic mass is 35.5. The minimum absolute atomic E-state index is 0.0832. The van der Waals surface area contributed by atoms with Crippen LogP contribution in [0.15, 0.2) is 82.8 Å². The van der Waals surface area contributed by atoms with Crippen LogP contribution in [0.4, 0.5) is 10.1 Å². The topological polar surface area (TPSA) is 115 Å². The maximum Gasteiger partial charge on any atom is 0.271 e. The molecular weight excluding hydrogens is 533 g/mol. The third kappa shape index (κ3) is 6.18.